The molecule has 28 heavy (non-hydrogen) atoms. The van der Waals surface area contributed by atoms with Gasteiger partial charge >= 0.3 is 0 Å². The Bertz CT molecular complexity index is 1060. The van der Waals surface area contributed by atoms with E-state index in [-0.39, 0.29) is 11.8 Å². The molecule has 142 valence electrons. The Morgan fingerprint density at radius 2 is 1.54 bits per heavy atom. The smallest absolute Gasteiger partial charge is 0.240 e. The van der Waals surface area contributed by atoms with E-state index < -0.39 is 31.0 Å². The predicted molar refractivity (Wildman–Crippen MR) is 107 cm³/mol. The summed E-state index contributed by atoms with van der Waals surface area (Å²) in [5.74, 6) is -1.81. The third-order valence-electron chi connectivity index (χ3n) is 6.04. The van der Waals surface area contributed by atoms with E-state index in [2.05, 4.69) is 0 Å². The summed E-state index contributed by atoms with van der Waals surface area (Å²) >= 11 is 0. The number of fused-ring (bicyclic) bond motifs is 1. The molecule has 3 heterocycles. The number of hydrogen-bond acceptors (Lipinski definition) is 4. The maximum atomic E-state index is 14.0. The largest absolute Gasteiger partial charge is 0.316 e. The molecule has 4 aliphatic rings. The Hall–Kier alpha value is -2.49. The molecular weight excluding hydrogens is 373 g/mol. The summed E-state index contributed by atoms with van der Waals surface area (Å²) in [6.45, 7) is 3.85. The van der Waals surface area contributed by atoms with E-state index in [0.29, 0.717) is 11.0 Å². The number of imide groups is 1. The van der Waals surface area contributed by atoms with Gasteiger partial charge in [0.15, 0.2) is 0 Å². The number of rotatable bonds is 2. The van der Waals surface area contributed by atoms with Crippen LogP contribution < -0.4 is 10.2 Å². The summed E-state index contributed by atoms with van der Waals surface area (Å²) < 4.78 is 20.1. The zero-order chi connectivity index (χ0) is 19.6. The van der Waals surface area contributed by atoms with Crippen molar-refractivity contribution in [3.63, 3.8) is 0 Å². The second kappa shape index (κ2) is 6.00. The molecule has 1 aliphatic carbocycles. The molecule has 2 bridgehead atoms. The normalized spacial score (nSPS) is 33.8. The molecule has 2 saturated heterocycles. The van der Waals surface area contributed by atoms with Gasteiger partial charge in [0, 0.05) is 5.30 Å². The highest BCUT2D eigenvalue weighted by Gasteiger charge is 2.65. The lowest BCUT2D eigenvalue weighted by Gasteiger charge is -2.46. The molecule has 6 heteroatoms. The first-order valence-electron chi connectivity index (χ1n) is 9.38. The lowest BCUT2D eigenvalue weighted by molar-refractivity contribution is -0.123. The lowest BCUT2D eigenvalue weighted by atomic mass is 9.79. The molecule has 2 aromatic carbocycles. The summed E-state index contributed by atoms with van der Waals surface area (Å²) in [5, 5.41) is 0.609. The van der Waals surface area contributed by atoms with Crippen molar-refractivity contribution in [3.05, 3.63) is 71.8 Å². The number of hydrogen-bond donors (Lipinski definition) is 0. The van der Waals surface area contributed by atoms with Crippen LogP contribution in [-0.4, -0.2) is 23.6 Å². The Morgan fingerprint density at radius 3 is 2.21 bits per heavy atom. The first-order chi connectivity index (χ1) is 13.4. The molecule has 1 unspecified atom stereocenters. The summed E-state index contributed by atoms with van der Waals surface area (Å²) in [6.07, 6.45) is 1.22. The second-order valence-electron chi connectivity index (χ2n) is 7.76. The average Bonchev–Trinajstić information content (AvgIpc) is 2.94. The average molecular weight is 393 g/mol. The molecular formula is C22H20NO4P. The molecule has 0 saturated carbocycles. The SMILES string of the molecule is CC1=C[C@@H]2OP(=O)(c3ccc(C)cc3)[C@H]1[C@@H]1C(=O)N(c3ccccc3)C(=O)[C@@H]12. The van der Waals surface area contributed by atoms with Crippen LogP contribution in [0, 0.1) is 18.8 Å². The highest BCUT2D eigenvalue weighted by Crippen LogP contribution is 2.67. The van der Waals surface area contributed by atoms with Crippen LogP contribution in [0.1, 0.15) is 12.5 Å². The van der Waals surface area contributed by atoms with Crippen LogP contribution in [0.4, 0.5) is 5.69 Å². The Labute approximate surface area is 163 Å². The minimum Gasteiger partial charge on any atom is -0.316 e. The van der Waals surface area contributed by atoms with Crippen molar-refractivity contribution in [1.82, 2.24) is 0 Å². The third kappa shape index (κ3) is 2.27. The van der Waals surface area contributed by atoms with Crippen LogP contribution in [0.25, 0.3) is 0 Å². The van der Waals surface area contributed by atoms with E-state index in [9.17, 15) is 14.2 Å². The topological polar surface area (TPSA) is 63.7 Å². The van der Waals surface area contributed by atoms with E-state index in [1.807, 2.05) is 50.3 Å². The number of benzene rings is 2. The molecule has 5 nitrogen and oxygen atoms in total. The number of para-hydroxylation sites is 1. The highest BCUT2D eigenvalue weighted by atomic mass is 31.2. The van der Waals surface area contributed by atoms with Gasteiger partial charge in [-0.05, 0) is 38.1 Å². The maximum absolute atomic E-state index is 14.0. The van der Waals surface area contributed by atoms with Crippen molar-refractivity contribution >= 4 is 30.2 Å². The monoisotopic (exact) mass is 393 g/mol. The van der Waals surface area contributed by atoms with Gasteiger partial charge in [-0.3, -0.25) is 14.2 Å². The first kappa shape index (κ1) is 17.6. The Balaban J connectivity index is 1.62. The van der Waals surface area contributed by atoms with E-state index in [1.165, 1.54) is 4.90 Å². The van der Waals surface area contributed by atoms with Crippen molar-refractivity contribution in [2.45, 2.75) is 25.6 Å². The number of anilines is 1. The van der Waals surface area contributed by atoms with Crippen LogP contribution in [0.15, 0.2) is 66.2 Å². The second-order valence-corrected chi connectivity index (χ2v) is 10.2. The number of nitrogens with zero attached hydrogens (tertiary/aromatic N) is 1. The van der Waals surface area contributed by atoms with Gasteiger partial charge in [-0.1, -0.05) is 47.5 Å². The zero-order valence-corrected chi connectivity index (χ0v) is 16.5. The lowest BCUT2D eigenvalue weighted by Crippen LogP contribution is -2.49. The van der Waals surface area contributed by atoms with E-state index in [4.69, 9.17) is 4.52 Å². The number of carbonyl (C=O) groups excluding carboxylic acids is 2. The Morgan fingerprint density at radius 1 is 0.893 bits per heavy atom. The van der Waals surface area contributed by atoms with Gasteiger partial charge in [0.25, 0.3) is 0 Å². The van der Waals surface area contributed by atoms with Crippen molar-refractivity contribution in [1.29, 1.82) is 0 Å². The molecule has 6 rings (SSSR count). The van der Waals surface area contributed by atoms with Gasteiger partial charge in [0.2, 0.25) is 19.2 Å². The van der Waals surface area contributed by atoms with E-state index >= 15 is 0 Å². The molecule has 0 aromatic heterocycles. The number of aryl methyl sites for hydroxylation is 1. The van der Waals surface area contributed by atoms with Gasteiger partial charge in [0.1, 0.15) is 0 Å². The number of amides is 2. The minimum atomic E-state index is -3.32. The molecule has 0 N–H and O–H groups in total. The summed E-state index contributed by atoms with van der Waals surface area (Å²) in [4.78, 5) is 27.8. The van der Waals surface area contributed by atoms with Crippen LogP contribution in [0.5, 0.6) is 0 Å². The summed E-state index contributed by atoms with van der Waals surface area (Å²) in [5.41, 5.74) is 1.88. The minimum absolute atomic E-state index is 0.268. The zero-order valence-electron chi connectivity index (χ0n) is 15.6. The van der Waals surface area contributed by atoms with Crippen LogP contribution >= 0.6 is 7.37 Å². The van der Waals surface area contributed by atoms with Crippen molar-refractivity contribution in [2.75, 3.05) is 4.90 Å². The first-order valence-corrected chi connectivity index (χ1v) is 11.1. The third-order valence-corrected chi connectivity index (χ3v) is 9.07. The van der Waals surface area contributed by atoms with Crippen molar-refractivity contribution in [3.8, 4) is 0 Å². The molecule has 3 aliphatic heterocycles. The number of allylic oxidation sites excluding steroid dienone is 1. The molecule has 2 amide bonds. The molecule has 2 fully saturated rings. The molecule has 2 aromatic rings. The quantitative estimate of drug-likeness (QED) is 0.446. The predicted octanol–water partition coefficient (Wildman–Crippen LogP) is 3.43. The molecule has 0 spiro atoms. The van der Waals surface area contributed by atoms with Gasteiger partial charge in [0.05, 0.1) is 29.3 Å². The van der Waals surface area contributed by atoms with E-state index in [1.54, 1.807) is 24.3 Å². The van der Waals surface area contributed by atoms with Gasteiger partial charge in [-0.15, -0.1) is 0 Å². The van der Waals surface area contributed by atoms with Gasteiger partial charge in [-0.25, -0.2) is 4.90 Å². The van der Waals surface area contributed by atoms with E-state index in [0.717, 1.165) is 11.1 Å². The maximum Gasteiger partial charge on any atom is 0.240 e. The fourth-order valence-corrected chi connectivity index (χ4v) is 7.81. The van der Waals surface area contributed by atoms with Crippen LogP contribution in [-0.2, 0) is 18.7 Å². The van der Waals surface area contributed by atoms with Crippen LogP contribution in [0.3, 0.4) is 0 Å². The highest BCUT2D eigenvalue weighted by molar-refractivity contribution is 7.68. The fraction of sp³-hybridized carbons (Fsp3) is 0.273. The van der Waals surface area contributed by atoms with Crippen LogP contribution in [0.2, 0.25) is 0 Å². The Kier molecular flexibility index (Phi) is 3.77. The molecule has 5 atom stereocenters. The summed E-state index contributed by atoms with van der Waals surface area (Å²) in [7, 11) is -3.32. The molecule has 0 radical (unpaired) electrons. The van der Waals surface area contributed by atoms with Gasteiger partial charge < -0.3 is 4.52 Å². The number of carbonyl (C=O) groups is 2. The van der Waals surface area contributed by atoms with Crippen molar-refractivity contribution < 1.29 is 18.7 Å². The fourth-order valence-electron chi connectivity index (χ4n) is 4.76. The summed E-state index contributed by atoms with van der Waals surface area (Å²) in [6, 6.07) is 16.3. The standard InChI is InChI=1S/C22H20NO4P/c1-13-8-10-16(11-9-13)28(26)20-14(2)12-17(27-28)18-19(20)22(25)23(21(18)24)15-6-4-3-5-7-15/h3-12,17-20H,1-2H3/t17-,18+,19+,20+,28?/m0/s1. The van der Waals surface area contributed by atoms with Gasteiger partial charge in [-0.2, -0.15) is 0 Å². The van der Waals surface area contributed by atoms with Crippen molar-refractivity contribution in [2.24, 2.45) is 11.8 Å².